The van der Waals surface area contributed by atoms with Crippen molar-refractivity contribution in [3.8, 4) is 33.1 Å². The Kier molecular flexibility index (Phi) is 8.00. The van der Waals surface area contributed by atoms with Crippen LogP contribution in [0.1, 0.15) is 10.4 Å². The number of hydrogen-bond acceptors (Lipinski definition) is 8. The number of thiophene rings is 1. The van der Waals surface area contributed by atoms with E-state index < -0.39 is 5.82 Å². The van der Waals surface area contributed by atoms with Crippen LogP contribution in [-0.2, 0) is 11.8 Å². The van der Waals surface area contributed by atoms with Crippen molar-refractivity contribution in [1.82, 2.24) is 19.4 Å². The van der Waals surface area contributed by atoms with Gasteiger partial charge in [-0.25, -0.2) is 9.37 Å². The van der Waals surface area contributed by atoms with Crippen molar-refractivity contribution in [3.63, 3.8) is 0 Å². The zero-order chi connectivity index (χ0) is 31.6. The fourth-order valence-corrected chi connectivity index (χ4v) is 6.31. The molecule has 0 unspecified atom stereocenters. The Bertz CT molecular complexity index is 2110. The number of para-hydroxylation sites is 1. The monoisotopic (exact) mass is 633 g/mol. The largest absolute Gasteiger partial charge is 0.453 e. The number of ether oxygens (including phenoxy) is 2. The number of pyridine rings is 1. The van der Waals surface area contributed by atoms with Gasteiger partial charge < -0.3 is 19.7 Å². The molecule has 1 aliphatic heterocycles. The van der Waals surface area contributed by atoms with Gasteiger partial charge in [0, 0.05) is 54.7 Å². The zero-order valence-electron chi connectivity index (χ0n) is 24.8. The van der Waals surface area contributed by atoms with Gasteiger partial charge in [-0.2, -0.15) is 0 Å². The van der Waals surface area contributed by atoms with Crippen molar-refractivity contribution in [1.29, 1.82) is 0 Å². The Morgan fingerprint density at radius 1 is 0.935 bits per heavy atom. The minimum Gasteiger partial charge on any atom is -0.453 e. The molecule has 1 aliphatic rings. The van der Waals surface area contributed by atoms with Crippen LogP contribution in [0.2, 0.25) is 0 Å². The summed E-state index contributed by atoms with van der Waals surface area (Å²) in [5, 5.41) is 3.12. The Morgan fingerprint density at radius 2 is 1.70 bits per heavy atom. The third kappa shape index (κ3) is 5.85. The van der Waals surface area contributed by atoms with Crippen LogP contribution in [0.3, 0.4) is 0 Å². The number of nitrogens with one attached hydrogen (secondary N) is 1. The molecule has 46 heavy (non-hydrogen) atoms. The van der Waals surface area contributed by atoms with E-state index in [9.17, 15) is 9.59 Å². The second-order valence-corrected chi connectivity index (χ2v) is 11.8. The number of fused-ring (bicyclic) bond motifs is 1. The van der Waals surface area contributed by atoms with Gasteiger partial charge in [0.1, 0.15) is 5.75 Å². The molecule has 11 heteroatoms. The van der Waals surface area contributed by atoms with Crippen LogP contribution in [0.5, 0.6) is 11.5 Å². The lowest BCUT2D eigenvalue weighted by Crippen LogP contribution is -2.40. The fraction of sp³-hybridized carbons (Fsp3) is 0.143. The van der Waals surface area contributed by atoms with E-state index in [4.69, 9.17) is 9.47 Å². The van der Waals surface area contributed by atoms with Crippen LogP contribution < -0.4 is 15.6 Å². The van der Waals surface area contributed by atoms with E-state index in [0.717, 1.165) is 20.8 Å². The van der Waals surface area contributed by atoms with Crippen LogP contribution in [0, 0.1) is 5.82 Å². The minimum absolute atomic E-state index is 0.00898. The van der Waals surface area contributed by atoms with E-state index in [2.05, 4.69) is 15.3 Å². The summed E-state index contributed by atoms with van der Waals surface area (Å²) in [6.45, 7) is 2.28. The summed E-state index contributed by atoms with van der Waals surface area (Å²) < 4.78 is 29.0. The van der Waals surface area contributed by atoms with Gasteiger partial charge in [0.15, 0.2) is 11.6 Å². The third-order valence-corrected chi connectivity index (χ3v) is 8.94. The normalized spacial score (nSPS) is 13.1. The number of benzene rings is 3. The molecule has 0 aliphatic carbocycles. The SMILES string of the molecule is Cn1c(Nc2ccccc2)ncc(-c2ccc(Oc3ccnc4cc(-c5ccc(C(=O)N6CCOCC6)cc5)sc34)c(F)c2)c1=O. The molecule has 3 aromatic carbocycles. The predicted molar refractivity (Wildman–Crippen MR) is 176 cm³/mol. The number of halogens is 1. The van der Waals surface area contributed by atoms with Crippen LogP contribution in [0.25, 0.3) is 31.8 Å². The topological polar surface area (TPSA) is 98.6 Å². The van der Waals surface area contributed by atoms with Gasteiger partial charge in [-0.3, -0.25) is 19.1 Å². The summed E-state index contributed by atoms with van der Waals surface area (Å²) in [4.78, 5) is 37.6. The van der Waals surface area contributed by atoms with E-state index in [0.29, 0.717) is 54.6 Å². The van der Waals surface area contributed by atoms with Crippen LogP contribution in [-0.4, -0.2) is 51.6 Å². The number of rotatable bonds is 7. The summed E-state index contributed by atoms with van der Waals surface area (Å²) in [7, 11) is 1.61. The first-order valence-corrected chi connectivity index (χ1v) is 15.5. The van der Waals surface area contributed by atoms with Gasteiger partial charge in [-0.1, -0.05) is 36.4 Å². The first-order chi connectivity index (χ1) is 22.4. The standard InChI is InChI=1S/C35H28FN5O4S/c1-40-34(43)26(21-38-35(40)39-25-5-3-2-4-6-25)24-11-12-29(27(36)19-24)45-30-13-14-37-28-20-31(46-32(28)30)22-7-9-23(10-8-22)33(42)41-15-17-44-18-16-41/h2-14,19-21H,15-18H2,1H3,(H,38,39). The highest BCUT2D eigenvalue weighted by Gasteiger charge is 2.19. The maximum atomic E-state index is 15.4. The highest BCUT2D eigenvalue weighted by Crippen LogP contribution is 2.40. The molecule has 0 radical (unpaired) electrons. The van der Waals surface area contributed by atoms with Crippen molar-refractivity contribution >= 4 is 39.1 Å². The molecular formula is C35H28FN5O4S. The number of nitrogens with zero attached hydrogens (tertiary/aromatic N) is 4. The van der Waals surface area contributed by atoms with Crippen molar-refractivity contribution in [2.75, 3.05) is 31.6 Å². The number of anilines is 2. The Hall–Kier alpha value is -5.39. The molecule has 9 nitrogen and oxygen atoms in total. The van der Waals surface area contributed by atoms with Crippen molar-refractivity contribution in [3.05, 3.63) is 119 Å². The molecule has 6 aromatic rings. The third-order valence-electron chi connectivity index (χ3n) is 7.75. The lowest BCUT2D eigenvalue weighted by molar-refractivity contribution is 0.0303. The molecule has 1 N–H and O–H groups in total. The lowest BCUT2D eigenvalue weighted by Gasteiger charge is -2.26. The van der Waals surface area contributed by atoms with Crippen molar-refractivity contribution in [2.24, 2.45) is 7.05 Å². The molecule has 230 valence electrons. The summed E-state index contributed by atoms with van der Waals surface area (Å²) in [5.41, 5.74) is 3.40. The van der Waals surface area contributed by atoms with Gasteiger partial charge in [0.2, 0.25) is 5.95 Å². The van der Waals surface area contributed by atoms with E-state index in [1.165, 1.54) is 34.2 Å². The Labute approximate surface area is 267 Å². The Morgan fingerprint density at radius 3 is 2.46 bits per heavy atom. The molecule has 0 spiro atoms. The molecule has 1 amide bonds. The molecule has 1 fully saturated rings. The molecule has 0 atom stereocenters. The first kappa shape index (κ1) is 29.3. The average molecular weight is 634 g/mol. The Balaban J connectivity index is 1.10. The molecule has 1 saturated heterocycles. The lowest BCUT2D eigenvalue weighted by atomic mass is 10.1. The average Bonchev–Trinajstić information content (AvgIpc) is 3.54. The van der Waals surface area contributed by atoms with Crippen LogP contribution in [0.4, 0.5) is 16.0 Å². The first-order valence-electron chi connectivity index (χ1n) is 14.7. The van der Waals surface area contributed by atoms with E-state index in [1.807, 2.05) is 60.7 Å². The summed E-state index contributed by atoms with van der Waals surface area (Å²) in [6, 6.07) is 25.0. The quantitative estimate of drug-likeness (QED) is 0.205. The van der Waals surface area contributed by atoms with Crippen molar-refractivity contribution < 1.29 is 18.7 Å². The van der Waals surface area contributed by atoms with Crippen LogP contribution >= 0.6 is 11.3 Å². The maximum absolute atomic E-state index is 15.4. The molecule has 7 rings (SSSR count). The van der Waals surface area contributed by atoms with Gasteiger partial charge >= 0.3 is 0 Å². The number of amides is 1. The maximum Gasteiger partial charge on any atom is 0.262 e. The van der Waals surface area contributed by atoms with Crippen molar-refractivity contribution in [2.45, 2.75) is 0 Å². The smallest absolute Gasteiger partial charge is 0.262 e. The molecule has 4 heterocycles. The zero-order valence-corrected chi connectivity index (χ0v) is 25.6. The number of morpholine rings is 1. The second kappa shape index (κ2) is 12.5. The number of carbonyl (C=O) groups is 1. The summed E-state index contributed by atoms with van der Waals surface area (Å²) >= 11 is 1.47. The van der Waals surface area contributed by atoms with Gasteiger partial charge in [-0.05, 0) is 53.6 Å². The molecular weight excluding hydrogens is 605 g/mol. The summed E-state index contributed by atoms with van der Waals surface area (Å²) in [6.07, 6.45) is 3.05. The number of aromatic nitrogens is 3. The highest BCUT2D eigenvalue weighted by molar-refractivity contribution is 7.22. The highest BCUT2D eigenvalue weighted by atomic mass is 32.1. The van der Waals surface area contributed by atoms with Gasteiger partial charge in [0.05, 0.1) is 29.0 Å². The molecule has 0 bridgehead atoms. The van der Waals surface area contributed by atoms with Crippen LogP contribution in [0.15, 0.2) is 102 Å². The van der Waals surface area contributed by atoms with E-state index in [-0.39, 0.29) is 22.8 Å². The van der Waals surface area contributed by atoms with Gasteiger partial charge in [-0.15, -0.1) is 11.3 Å². The molecule has 0 saturated carbocycles. The summed E-state index contributed by atoms with van der Waals surface area (Å²) in [5.74, 6) is 0.221. The van der Waals surface area contributed by atoms with E-state index >= 15 is 4.39 Å². The minimum atomic E-state index is -0.617. The number of carbonyl (C=O) groups excluding carboxylic acids is 1. The van der Waals surface area contributed by atoms with Gasteiger partial charge in [0.25, 0.3) is 11.5 Å². The van der Waals surface area contributed by atoms with E-state index in [1.54, 1.807) is 30.3 Å². The fourth-order valence-electron chi connectivity index (χ4n) is 5.24. The predicted octanol–water partition coefficient (Wildman–Crippen LogP) is 6.87. The second-order valence-electron chi connectivity index (χ2n) is 10.7. The number of hydrogen-bond donors (Lipinski definition) is 1. The molecule has 3 aromatic heterocycles.